The maximum atomic E-state index is 12.9. The van der Waals surface area contributed by atoms with Crippen LogP contribution in [0.5, 0.6) is 0 Å². The highest BCUT2D eigenvalue weighted by Gasteiger charge is 2.39. The minimum Gasteiger partial charge on any atom is -0.394 e. The van der Waals surface area contributed by atoms with Crippen molar-refractivity contribution in [3.8, 4) is 11.3 Å². The summed E-state index contributed by atoms with van der Waals surface area (Å²) in [5.41, 5.74) is 1.01. The van der Waals surface area contributed by atoms with Crippen LogP contribution in [0.2, 0.25) is 0 Å². The predicted octanol–water partition coefficient (Wildman–Crippen LogP) is 1.37. The number of carbonyl (C=O) groups excluding carboxylic acids is 1. The molecule has 2 N–H and O–H groups in total. The number of anilines is 1. The summed E-state index contributed by atoms with van der Waals surface area (Å²) in [6.45, 7) is 5.81. The van der Waals surface area contributed by atoms with Crippen molar-refractivity contribution in [1.29, 1.82) is 0 Å². The topological polar surface area (TPSA) is 108 Å². The van der Waals surface area contributed by atoms with Crippen molar-refractivity contribution in [3.05, 3.63) is 24.2 Å². The van der Waals surface area contributed by atoms with Crippen LogP contribution in [0.4, 0.5) is 5.95 Å². The van der Waals surface area contributed by atoms with Crippen molar-refractivity contribution in [1.82, 2.24) is 24.6 Å². The third kappa shape index (κ3) is 3.91. The highest BCUT2D eigenvalue weighted by atomic mass is 16.3. The second kappa shape index (κ2) is 8.31. The lowest BCUT2D eigenvalue weighted by Crippen LogP contribution is -2.45. The molecule has 0 radical (unpaired) electrons. The van der Waals surface area contributed by atoms with Crippen molar-refractivity contribution in [3.63, 3.8) is 0 Å². The third-order valence-electron chi connectivity index (χ3n) is 5.85. The third-order valence-corrected chi connectivity index (χ3v) is 5.85. The molecule has 2 aliphatic rings. The fourth-order valence-corrected chi connectivity index (χ4v) is 4.43. The van der Waals surface area contributed by atoms with Crippen LogP contribution in [0.3, 0.4) is 0 Å². The molecule has 2 aromatic heterocycles. The molecular formula is C21H30N6O3. The number of carbonyl (C=O) groups is 1. The number of aliphatic hydroxyl groups is 2. The van der Waals surface area contributed by atoms with Gasteiger partial charge in [0.1, 0.15) is 5.60 Å². The lowest BCUT2D eigenvalue weighted by atomic mass is 10.0. The molecule has 0 saturated carbocycles. The van der Waals surface area contributed by atoms with Crippen LogP contribution in [0, 0.1) is 0 Å². The predicted molar refractivity (Wildman–Crippen MR) is 112 cm³/mol. The zero-order valence-corrected chi connectivity index (χ0v) is 17.7. The van der Waals surface area contributed by atoms with Crippen LogP contribution < -0.4 is 4.90 Å². The highest BCUT2D eigenvalue weighted by Crippen LogP contribution is 2.38. The first-order valence-electron chi connectivity index (χ1n) is 10.7. The van der Waals surface area contributed by atoms with Crippen molar-refractivity contribution in [2.45, 2.75) is 57.7 Å². The first-order valence-corrected chi connectivity index (χ1v) is 10.7. The minimum absolute atomic E-state index is 0.0525. The average Bonchev–Trinajstić information content (AvgIpc) is 3.47. The van der Waals surface area contributed by atoms with Crippen LogP contribution in [0.25, 0.3) is 11.3 Å². The summed E-state index contributed by atoms with van der Waals surface area (Å²) < 4.78 is 1.76. The SMILES string of the molecule is CC(C)(O)C(=O)N1CCCC1c1c(-c2ccnc(N3CCCC3)n2)cnn1CCO. The van der Waals surface area contributed by atoms with E-state index >= 15 is 0 Å². The quantitative estimate of drug-likeness (QED) is 0.735. The van der Waals surface area contributed by atoms with Gasteiger partial charge in [0, 0.05) is 31.4 Å². The van der Waals surface area contributed by atoms with E-state index in [1.165, 1.54) is 13.8 Å². The van der Waals surface area contributed by atoms with Gasteiger partial charge in [0.2, 0.25) is 5.95 Å². The Balaban J connectivity index is 1.74. The molecule has 9 nitrogen and oxygen atoms in total. The number of aliphatic hydroxyl groups excluding tert-OH is 1. The van der Waals surface area contributed by atoms with Crippen LogP contribution in [0.15, 0.2) is 18.5 Å². The Morgan fingerprint density at radius 2 is 2.00 bits per heavy atom. The van der Waals surface area contributed by atoms with Gasteiger partial charge in [-0.2, -0.15) is 5.10 Å². The molecule has 0 aliphatic carbocycles. The number of hydrogen-bond donors (Lipinski definition) is 2. The second-order valence-electron chi connectivity index (χ2n) is 8.54. The molecule has 0 spiro atoms. The molecule has 0 aromatic carbocycles. The molecule has 1 amide bonds. The van der Waals surface area contributed by atoms with E-state index in [4.69, 9.17) is 4.98 Å². The zero-order chi connectivity index (χ0) is 21.3. The van der Waals surface area contributed by atoms with E-state index < -0.39 is 5.60 Å². The molecule has 4 rings (SSSR count). The van der Waals surface area contributed by atoms with Crippen molar-refractivity contribution in [2.75, 3.05) is 31.1 Å². The van der Waals surface area contributed by atoms with Crippen molar-refractivity contribution < 1.29 is 15.0 Å². The molecule has 2 saturated heterocycles. The average molecular weight is 415 g/mol. The number of likely N-dealkylation sites (tertiary alicyclic amines) is 1. The van der Waals surface area contributed by atoms with Crippen LogP contribution in [-0.4, -0.2) is 72.6 Å². The largest absolute Gasteiger partial charge is 0.394 e. The Kier molecular flexibility index (Phi) is 5.75. The van der Waals surface area contributed by atoms with E-state index in [1.807, 2.05) is 6.07 Å². The molecule has 2 fully saturated rings. The Morgan fingerprint density at radius 3 is 2.70 bits per heavy atom. The fraction of sp³-hybridized carbons (Fsp3) is 0.619. The Hall–Kier alpha value is -2.52. The van der Waals surface area contributed by atoms with Gasteiger partial charge in [-0.05, 0) is 45.6 Å². The molecule has 162 valence electrons. The van der Waals surface area contributed by atoms with Gasteiger partial charge in [0.15, 0.2) is 0 Å². The van der Waals surface area contributed by atoms with E-state index in [1.54, 1.807) is 22.0 Å². The molecule has 1 atom stereocenters. The van der Waals surface area contributed by atoms with Gasteiger partial charge in [0.25, 0.3) is 5.91 Å². The second-order valence-corrected chi connectivity index (χ2v) is 8.54. The summed E-state index contributed by atoms with van der Waals surface area (Å²) in [5.74, 6) is 0.412. The molecule has 4 heterocycles. The van der Waals surface area contributed by atoms with Crippen molar-refractivity contribution >= 4 is 11.9 Å². The molecule has 2 aliphatic heterocycles. The lowest BCUT2D eigenvalue weighted by Gasteiger charge is -2.31. The van der Waals surface area contributed by atoms with E-state index in [9.17, 15) is 15.0 Å². The summed E-state index contributed by atoms with van der Waals surface area (Å²) in [5, 5.41) is 24.3. The zero-order valence-electron chi connectivity index (χ0n) is 17.7. The normalized spacial score (nSPS) is 19.7. The summed E-state index contributed by atoms with van der Waals surface area (Å²) in [6.07, 6.45) is 7.42. The summed E-state index contributed by atoms with van der Waals surface area (Å²) in [4.78, 5) is 26.0. The fourth-order valence-electron chi connectivity index (χ4n) is 4.43. The van der Waals surface area contributed by atoms with Gasteiger partial charge in [0.05, 0.1) is 36.8 Å². The van der Waals surface area contributed by atoms with Gasteiger partial charge >= 0.3 is 0 Å². The van der Waals surface area contributed by atoms with Gasteiger partial charge < -0.3 is 20.0 Å². The molecule has 30 heavy (non-hydrogen) atoms. The number of hydrogen-bond acceptors (Lipinski definition) is 7. The monoisotopic (exact) mass is 414 g/mol. The van der Waals surface area contributed by atoms with Crippen LogP contribution in [-0.2, 0) is 11.3 Å². The first-order chi connectivity index (χ1) is 14.4. The standard InChI is InChI=1S/C21H30N6O3/c1-21(2,30)19(29)26-11-5-6-17(26)18-15(14-23-27(18)12-13-28)16-7-8-22-20(24-16)25-9-3-4-10-25/h7-8,14,17,28,30H,3-6,9-13H2,1-2H3. The Morgan fingerprint density at radius 1 is 1.23 bits per heavy atom. The van der Waals surface area contributed by atoms with E-state index in [2.05, 4.69) is 15.0 Å². The van der Waals surface area contributed by atoms with E-state index in [0.717, 1.165) is 55.7 Å². The molecule has 2 aromatic rings. The summed E-state index contributed by atoms with van der Waals surface area (Å²) in [6, 6.07) is 1.64. The maximum absolute atomic E-state index is 12.9. The van der Waals surface area contributed by atoms with Crippen LogP contribution >= 0.6 is 0 Å². The number of amides is 1. The Labute approximate surface area is 176 Å². The van der Waals surface area contributed by atoms with E-state index in [-0.39, 0.29) is 18.6 Å². The summed E-state index contributed by atoms with van der Waals surface area (Å²) in [7, 11) is 0. The molecule has 0 bridgehead atoms. The van der Waals surface area contributed by atoms with Gasteiger partial charge in [-0.15, -0.1) is 0 Å². The minimum atomic E-state index is -1.44. The number of rotatable bonds is 6. The first kappa shape index (κ1) is 20.7. The smallest absolute Gasteiger partial charge is 0.254 e. The Bertz CT molecular complexity index is 900. The van der Waals surface area contributed by atoms with Gasteiger partial charge in [-0.1, -0.05) is 0 Å². The van der Waals surface area contributed by atoms with Crippen molar-refractivity contribution in [2.24, 2.45) is 0 Å². The molecular weight excluding hydrogens is 384 g/mol. The summed E-state index contributed by atoms with van der Waals surface area (Å²) >= 11 is 0. The molecule has 1 unspecified atom stereocenters. The lowest BCUT2D eigenvalue weighted by molar-refractivity contribution is -0.149. The van der Waals surface area contributed by atoms with E-state index in [0.29, 0.717) is 19.0 Å². The molecule has 9 heteroatoms. The highest BCUT2D eigenvalue weighted by molar-refractivity contribution is 5.85. The van der Waals surface area contributed by atoms with Crippen LogP contribution in [0.1, 0.15) is 51.3 Å². The number of aromatic nitrogens is 4. The maximum Gasteiger partial charge on any atom is 0.254 e. The van der Waals surface area contributed by atoms with Gasteiger partial charge in [-0.3, -0.25) is 9.48 Å². The number of nitrogens with zero attached hydrogens (tertiary/aromatic N) is 6. The van der Waals surface area contributed by atoms with Gasteiger partial charge in [-0.25, -0.2) is 9.97 Å².